The van der Waals surface area contributed by atoms with Crippen LogP contribution in [0, 0.1) is 6.92 Å². The number of aryl methyl sites for hydroxylation is 1. The molecule has 3 aromatic rings. The molecule has 0 amide bonds. The van der Waals surface area contributed by atoms with E-state index in [0.717, 1.165) is 34.4 Å². The highest BCUT2D eigenvalue weighted by Crippen LogP contribution is 2.30. The molecule has 3 nitrogen and oxygen atoms in total. The van der Waals surface area contributed by atoms with Crippen molar-refractivity contribution in [2.75, 3.05) is 17.7 Å². The van der Waals surface area contributed by atoms with Crippen LogP contribution in [0.4, 0.5) is 11.5 Å². The molecule has 1 aromatic heterocycles. The predicted octanol–water partition coefficient (Wildman–Crippen LogP) is 3.76. The zero-order chi connectivity index (χ0) is 14.8. The fraction of sp³-hybridized carbons (Fsp3) is 0.167. The summed E-state index contributed by atoms with van der Waals surface area (Å²) in [6, 6.07) is 16.4. The molecule has 0 bridgehead atoms. The Morgan fingerprint density at radius 3 is 2.57 bits per heavy atom. The molecule has 0 aliphatic heterocycles. The maximum Gasteiger partial charge on any atom is 0.136 e. The SMILES string of the molecule is Cc1cnc(N(C)Cc2ccccc2)c2cccc(N)c12. The summed E-state index contributed by atoms with van der Waals surface area (Å²) in [6.07, 6.45) is 1.90. The van der Waals surface area contributed by atoms with Crippen LogP contribution in [0.15, 0.2) is 54.7 Å². The van der Waals surface area contributed by atoms with Crippen LogP contribution < -0.4 is 10.6 Å². The Morgan fingerprint density at radius 2 is 1.81 bits per heavy atom. The standard InChI is InChI=1S/C18H19N3/c1-13-11-20-18(15-9-6-10-16(19)17(13)15)21(2)12-14-7-4-3-5-8-14/h3-11H,12,19H2,1-2H3. The number of pyridine rings is 1. The fourth-order valence-corrected chi connectivity index (χ4v) is 2.73. The molecule has 3 rings (SSSR count). The molecular weight excluding hydrogens is 258 g/mol. The van der Waals surface area contributed by atoms with Crippen molar-refractivity contribution in [3.63, 3.8) is 0 Å². The number of anilines is 2. The van der Waals surface area contributed by atoms with Crippen LogP contribution in [0.25, 0.3) is 10.8 Å². The molecule has 0 atom stereocenters. The van der Waals surface area contributed by atoms with E-state index in [0.29, 0.717) is 0 Å². The minimum Gasteiger partial charge on any atom is -0.398 e. The summed E-state index contributed by atoms with van der Waals surface area (Å²) in [7, 11) is 2.06. The van der Waals surface area contributed by atoms with Crippen LogP contribution in [-0.4, -0.2) is 12.0 Å². The molecule has 0 fully saturated rings. The number of nitrogen functional groups attached to an aromatic ring is 1. The number of hydrogen-bond donors (Lipinski definition) is 1. The van der Waals surface area contributed by atoms with Gasteiger partial charge in [-0.3, -0.25) is 0 Å². The maximum absolute atomic E-state index is 6.13. The number of benzene rings is 2. The summed E-state index contributed by atoms with van der Waals surface area (Å²) in [5.41, 5.74) is 9.31. The highest BCUT2D eigenvalue weighted by atomic mass is 15.2. The maximum atomic E-state index is 6.13. The summed E-state index contributed by atoms with van der Waals surface area (Å²) in [5.74, 6) is 0.965. The molecule has 0 radical (unpaired) electrons. The molecule has 0 spiro atoms. The minimum atomic E-state index is 0.807. The molecule has 0 saturated heterocycles. The van der Waals surface area contributed by atoms with Gasteiger partial charge in [0.05, 0.1) is 0 Å². The van der Waals surface area contributed by atoms with Crippen LogP contribution in [0.3, 0.4) is 0 Å². The lowest BCUT2D eigenvalue weighted by atomic mass is 10.1. The van der Waals surface area contributed by atoms with Gasteiger partial charge in [-0.1, -0.05) is 42.5 Å². The second kappa shape index (κ2) is 5.44. The van der Waals surface area contributed by atoms with Crippen molar-refractivity contribution in [2.45, 2.75) is 13.5 Å². The van der Waals surface area contributed by atoms with E-state index >= 15 is 0 Å². The minimum absolute atomic E-state index is 0.807. The Kier molecular flexibility index (Phi) is 3.48. The Labute approximate surface area is 125 Å². The first kappa shape index (κ1) is 13.4. The van der Waals surface area contributed by atoms with Gasteiger partial charge in [-0.15, -0.1) is 0 Å². The van der Waals surface area contributed by atoms with Gasteiger partial charge in [0.25, 0.3) is 0 Å². The Morgan fingerprint density at radius 1 is 1.05 bits per heavy atom. The molecule has 21 heavy (non-hydrogen) atoms. The van der Waals surface area contributed by atoms with Gasteiger partial charge in [-0.25, -0.2) is 4.98 Å². The summed E-state index contributed by atoms with van der Waals surface area (Å²) in [4.78, 5) is 6.78. The Bertz CT molecular complexity index is 758. The van der Waals surface area contributed by atoms with Gasteiger partial charge in [0.2, 0.25) is 0 Å². The molecule has 2 N–H and O–H groups in total. The zero-order valence-electron chi connectivity index (χ0n) is 12.4. The topological polar surface area (TPSA) is 42.2 Å². The van der Waals surface area contributed by atoms with Crippen LogP contribution in [0.5, 0.6) is 0 Å². The van der Waals surface area contributed by atoms with Crippen LogP contribution in [0.2, 0.25) is 0 Å². The third-order valence-corrected chi connectivity index (χ3v) is 3.74. The van der Waals surface area contributed by atoms with E-state index in [1.54, 1.807) is 0 Å². The van der Waals surface area contributed by atoms with Gasteiger partial charge < -0.3 is 10.6 Å². The van der Waals surface area contributed by atoms with Crippen molar-refractivity contribution in [3.05, 3.63) is 65.9 Å². The molecular formula is C18H19N3. The van der Waals surface area contributed by atoms with E-state index in [4.69, 9.17) is 5.73 Å². The predicted molar refractivity (Wildman–Crippen MR) is 89.4 cm³/mol. The smallest absolute Gasteiger partial charge is 0.136 e. The number of nitrogens with two attached hydrogens (primary N) is 1. The number of fused-ring (bicyclic) bond motifs is 1. The molecule has 0 unspecified atom stereocenters. The van der Waals surface area contributed by atoms with Gasteiger partial charge >= 0.3 is 0 Å². The molecule has 1 heterocycles. The Balaban J connectivity index is 2.05. The quantitative estimate of drug-likeness (QED) is 0.741. The van der Waals surface area contributed by atoms with E-state index in [1.165, 1.54) is 5.56 Å². The van der Waals surface area contributed by atoms with Gasteiger partial charge in [0, 0.05) is 36.2 Å². The molecule has 3 heteroatoms. The zero-order valence-corrected chi connectivity index (χ0v) is 12.4. The summed E-state index contributed by atoms with van der Waals surface area (Å²) < 4.78 is 0. The van der Waals surface area contributed by atoms with Crippen LogP contribution in [0.1, 0.15) is 11.1 Å². The highest BCUT2D eigenvalue weighted by molar-refractivity contribution is 6.01. The summed E-state index contributed by atoms with van der Waals surface area (Å²) in [6.45, 7) is 2.87. The molecule has 2 aromatic carbocycles. The first-order valence-electron chi connectivity index (χ1n) is 7.05. The molecule has 0 aliphatic rings. The van der Waals surface area contributed by atoms with Gasteiger partial charge in [-0.2, -0.15) is 0 Å². The molecule has 0 aliphatic carbocycles. The number of nitrogens with zero attached hydrogens (tertiary/aromatic N) is 2. The first-order chi connectivity index (χ1) is 10.2. The van der Waals surface area contributed by atoms with E-state index in [-0.39, 0.29) is 0 Å². The molecule has 0 saturated carbocycles. The number of aromatic nitrogens is 1. The third kappa shape index (κ3) is 2.55. The van der Waals surface area contributed by atoms with E-state index in [9.17, 15) is 0 Å². The van der Waals surface area contributed by atoms with Gasteiger partial charge in [-0.05, 0) is 24.1 Å². The van der Waals surface area contributed by atoms with Crippen molar-refractivity contribution in [2.24, 2.45) is 0 Å². The first-order valence-corrected chi connectivity index (χ1v) is 7.05. The van der Waals surface area contributed by atoms with Crippen molar-refractivity contribution < 1.29 is 0 Å². The van der Waals surface area contributed by atoms with E-state index < -0.39 is 0 Å². The normalized spacial score (nSPS) is 10.8. The largest absolute Gasteiger partial charge is 0.398 e. The fourth-order valence-electron chi connectivity index (χ4n) is 2.73. The highest BCUT2D eigenvalue weighted by Gasteiger charge is 2.11. The lowest BCUT2D eigenvalue weighted by Gasteiger charge is -2.21. The van der Waals surface area contributed by atoms with E-state index in [2.05, 4.69) is 47.3 Å². The van der Waals surface area contributed by atoms with Crippen molar-refractivity contribution in [3.8, 4) is 0 Å². The second-order valence-corrected chi connectivity index (χ2v) is 5.38. The monoisotopic (exact) mass is 277 g/mol. The van der Waals surface area contributed by atoms with Crippen LogP contribution in [-0.2, 0) is 6.54 Å². The number of rotatable bonds is 3. The third-order valence-electron chi connectivity index (χ3n) is 3.74. The Hall–Kier alpha value is -2.55. The summed E-state index contributed by atoms with van der Waals surface area (Å²) in [5, 5.41) is 2.20. The van der Waals surface area contributed by atoms with Gasteiger partial charge in [0.1, 0.15) is 5.82 Å². The molecule has 106 valence electrons. The van der Waals surface area contributed by atoms with Gasteiger partial charge in [0.15, 0.2) is 0 Å². The average Bonchev–Trinajstić information content (AvgIpc) is 2.48. The lowest BCUT2D eigenvalue weighted by Crippen LogP contribution is -2.18. The van der Waals surface area contributed by atoms with E-state index in [1.807, 2.05) is 31.3 Å². The van der Waals surface area contributed by atoms with Crippen molar-refractivity contribution >= 4 is 22.3 Å². The lowest BCUT2D eigenvalue weighted by molar-refractivity contribution is 0.904. The number of hydrogen-bond acceptors (Lipinski definition) is 3. The average molecular weight is 277 g/mol. The second-order valence-electron chi connectivity index (χ2n) is 5.38. The van der Waals surface area contributed by atoms with Crippen molar-refractivity contribution in [1.82, 2.24) is 4.98 Å². The van der Waals surface area contributed by atoms with Crippen molar-refractivity contribution in [1.29, 1.82) is 0 Å². The van der Waals surface area contributed by atoms with Crippen LogP contribution >= 0.6 is 0 Å². The summed E-state index contributed by atoms with van der Waals surface area (Å²) >= 11 is 0.